The number of aryl methyl sites for hydroxylation is 1. The Morgan fingerprint density at radius 3 is 2.48 bits per heavy atom. The molecule has 10 heteroatoms. The summed E-state index contributed by atoms with van der Waals surface area (Å²) < 4.78 is 31.8. The number of rotatable bonds is 3. The fourth-order valence-electron chi connectivity index (χ4n) is 2.57. The van der Waals surface area contributed by atoms with Gasteiger partial charge in [0.15, 0.2) is 0 Å². The van der Waals surface area contributed by atoms with Crippen molar-refractivity contribution in [3.8, 4) is 0 Å². The molecule has 0 spiro atoms. The maximum atomic E-state index is 12.8. The number of amides is 1. The van der Waals surface area contributed by atoms with Crippen LogP contribution in [0.3, 0.4) is 0 Å². The lowest BCUT2D eigenvalue weighted by Gasteiger charge is -2.33. The second-order valence-electron chi connectivity index (χ2n) is 5.58. The molecule has 3 rings (SSSR count). The number of halogens is 2. The molecule has 0 unspecified atom stereocenters. The zero-order valence-corrected chi connectivity index (χ0v) is 15.6. The van der Waals surface area contributed by atoms with Crippen LogP contribution in [0.25, 0.3) is 0 Å². The Hall–Kier alpha value is -1.61. The monoisotopic (exact) mass is 403 g/mol. The Labute approximate surface area is 155 Å². The first-order chi connectivity index (χ1) is 11.8. The van der Waals surface area contributed by atoms with E-state index in [-0.39, 0.29) is 52.8 Å². The van der Waals surface area contributed by atoms with E-state index in [4.69, 9.17) is 27.7 Å². The first kappa shape index (κ1) is 18.2. The maximum absolute atomic E-state index is 12.8. The first-order valence-electron chi connectivity index (χ1n) is 7.47. The maximum Gasteiger partial charge on any atom is 0.292 e. The topological polar surface area (TPSA) is 83.7 Å². The lowest BCUT2D eigenvalue weighted by molar-refractivity contribution is 0.0656. The van der Waals surface area contributed by atoms with Crippen molar-refractivity contribution in [2.75, 3.05) is 26.2 Å². The van der Waals surface area contributed by atoms with Crippen LogP contribution >= 0.6 is 23.2 Å². The van der Waals surface area contributed by atoms with Gasteiger partial charge in [-0.3, -0.25) is 4.79 Å². The van der Waals surface area contributed by atoms with Crippen molar-refractivity contribution in [3.05, 3.63) is 45.8 Å². The van der Waals surface area contributed by atoms with Gasteiger partial charge in [0, 0.05) is 32.2 Å². The largest absolute Gasteiger partial charge is 0.351 e. The summed E-state index contributed by atoms with van der Waals surface area (Å²) in [7, 11) is -3.78. The number of hydrogen-bond donors (Lipinski definition) is 0. The highest BCUT2D eigenvalue weighted by atomic mass is 35.5. The standard InChI is InChI=1S/C15H15Cl2N3O4S/c1-10-9-12(24-18-10)15(21)19-5-7-20(8-6-19)25(22,23)13-4-2-3-11(16)14(13)17/h2-4,9H,5-8H2,1H3. The van der Waals surface area contributed by atoms with Crippen molar-refractivity contribution in [2.24, 2.45) is 0 Å². The van der Waals surface area contributed by atoms with Gasteiger partial charge in [0.25, 0.3) is 5.91 Å². The molecule has 2 aromatic rings. The summed E-state index contributed by atoms with van der Waals surface area (Å²) in [6.45, 7) is 2.53. The third-order valence-corrected chi connectivity index (χ3v) is 6.77. The SMILES string of the molecule is Cc1cc(C(=O)N2CCN(S(=O)(=O)c3cccc(Cl)c3Cl)CC2)on1. The van der Waals surface area contributed by atoms with Crippen LogP contribution in [-0.4, -0.2) is 54.9 Å². The Morgan fingerprint density at radius 2 is 1.88 bits per heavy atom. The minimum Gasteiger partial charge on any atom is -0.351 e. The predicted octanol–water partition coefficient (Wildman–Crippen LogP) is 2.44. The molecule has 0 aliphatic carbocycles. The Bertz CT molecular complexity index is 905. The summed E-state index contributed by atoms with van der Waals surface area (Å²) >= 11 is 11.9. The summed E-state index contributed by atoms with van der Waals surface area (Å²) in [5, 5.41) is 3.87. The number of benzene rings is 1. The quantitative estimate of drug-likeness (QED) is 0.785. The van der Waals surface area contributed by atoms with Crippen LogP contribution in [0.15, 0.2) is 33.7 Å². The van der Waals surface area contributed by atoms with Crippen molar-refractivity contribution in [2.45, 2.75) is 11.8 Å². The highest BCUT2D eigenvalue weighted by molar-refractivity contribution is 7.89. The summed E-state index contributed by atoms with van der Waals surface area (Å²) in [6.07, 6.45) is 0. The van der Waals surface area contributed by atoms with Gasteiger partial charge in [-0.15, -0.1) is 0 Å². The van der Waals surface area contributed by atoms with E-state index in [1.165, 1.54) is 27.4 Å². The third kappa shape index (κ3) is 3.52. The molecule has 1 aliphatic heterocycles. The third-order valence-electron chi connectivity index (χ3n) is 3.90. The molecule has 1 aromatic heterocycles. The molecule has 1 aliphatic rings. The van der Waals surface area contributed by atoms with E-state index in [2.05, 4.69) is 5.16 Å². The molecule has 1 saturated heterocycles. The highest BCUT2D eigenvalue weighted by Gasteiger charge is 2.32. The number of hydrogen-bond acceptors (Lipinski definition) is 5. The van der Waals surface area contributed by atoms with Crippen molar-refractivity contribution >= 4 is 39.1 Å². The number of sulfonamides is 1. The van der Waals surface area contributed by atoms with Gasteiger partial charge in [-0.2, -0.15) is 4.31 Å². The van der Waals surface area contributed by atoms with Crippen LogP contribution < -0.4 is 0 Å². The van der Waals surface area contributed by atoms with Crippen LogP contribution in [0, 0.1) is 6.92 Å². The molecule has 0 bridgehead atoms. The Morgan fingerprint density at radius 1 is 1.20 bits per heavy atom. The van der Waals surface area contributed by atoms with Crippen LogP contribution in [0.1, 0.15) is 16.2 Å². The van der Waals surface area contributed by atoms with Crippen LogP contribution in [0.4, 0.5) is 0 Å². The molecule has 1 aromatic carbocycles. The van der Waals surface area contributed by atoms with E-state index in [9.17, 15) is 13.2 Å². The molecular formula is C15H15Cl2N3O4S. The average molecular weight is 404 g/mol. The summed E-state index contributed by atoms with van der Waals surface area (Å²) in [5.74, 6) is -0.162. The van der Waals surface area contributed by atoms with E-state index in [0.29, 0.717) is 5.69 Å². The molecule has 0 saturated carbocycles. The lowest BCUT2D eigenvalue weighted by Crippen LogP contribution is -2.50. The van der Waals surface area contributed by atoms with Gasteiger partial charge < -0.3 is 9.42 Å². The van der Waals surface area contributed by atoms with Gasteiger partial charge in [-0.1, -0.05) is 34.4 Å². The number of aromatic nitrogens is 1. The summed E-state index contributed by atoms with van der Waals surface area (Å²) in [5.41, 5.74) is 0.611. The van der Waals surface area contributed by atoms with Crippen molar-refractivity contribution in [1.82, 2.24) is 14.4 Å². The minimum atomic E-state index is -3.78. The van der Waals surface area contributed by atoms with Gasteiger partial charge in [-0.25, -0.2) is 8.42 Å². The fraction of sp³-hybridized carbons (Fsp3) is 0.333. The molecule has 0 radical (unpaired) electrons. The zero-order chi connectivity index (χ0) is 18.2. The van der Waals surface area contributed by atoms with Gasteiger partial charge >= 0.3 is 0 Å². The van der Waals surface area contributed by atoms with Crippen molar-refractivity contribution in [1.29, 1.82) is 0 Å². The van der Waals surface area contributed by atoms with E-state index in [0.717, 1.165) is 0 Å². The summed E-state index contributed by atoms with van der Waals surface area (Å²) in [4.78, 5) is 13.8. The van der Waals surface area contributed by atoms with Crippen LogP contribution in [0.2, 0.25) is 10.0 Å². The number of nitrogens with zero attached hydrogens (tertiary/aromatic N) is 3. The van der Waals surface area contributed by atoms with E-state index in [1.807, 2.05) is 0 Å². The molecule has 0 atom stereocenters. The second-order valence-corrected chi connectivity index (χ2v) is 8.27. The smallest absolute Gasteiger partial charge is 0.292 e. The zero-order valence-electron chi connectivity index (χ0n) is 13.3. The van der Waals surface area contributed by atoms with E-state index < -0.39 is 10.0 Å². The van der Waals surface area contributed by atoms with Crippen molar-refractivity contribution < 1.29 is 17.7 Å². The van der Waals surface area contributed by atoms with Crippen LogP contribution in [0.5, 0.6) is 0 Å². The van der Waals surface area contributed by atoms with Crippen LogP contribution in [-0.2, 0) is 10.0 Å². The molecule has 25 heavy (non-hydrogen) atoms. The molecular weight excluding hydrogens is 389 g/mol. The number of carbonyl (C=O) groups is 1. The molecule has 1 amide bonds. The highest BCUT2D eigenvalue weighted by Crippen LogP contribution is 2.31. The average Bonchev–Trinajstić information content (AvgIpc) is 3.03. The molecule has 0 N–H and O–H groups in total. The first-order valence-corrected chi connectivity index (χ1v) is 9.67. The number of piperazine rings is 1. The Balaban J connectivity index is 1.73. The van der Waals surface area contributed by atoms with Crippen molar-refractivity contribution in [3.63, 3.8) is 0 Å². The lowest BCUT2D eigenvalue weighted by atomic mass is 10.3. The van der Waals surface area contributed by atoms with Gasteiger partial charge in [-0.05, 0) is 19.1 Å². The van der Waals surface area contributed by atoms with Gasteiger partial charge in [0.1, 0.15) is 4.90 Å². The predicted molar refractivity (Wildman–Crippen MR) is 92.4 cm³/mol. The van der Waals surface area contributed by atoms with Gasteiger partial charge in [0.05, 0.1) is 15.7 Å². The normalized spacial score (nSPS) is 16.2. The Kier molecular flexibility index (Phi) is 5.06. The number of carbonyl (C=O) groups excluding carboxylic acids is 1. The summed E-state index contributed by atoms with van der Waals surface area (Å²) in [6, 6.07) is 6.03. The minimum absolute atomic E-state index is 0.000178. The van der Waals surface area contributed by atoms with E-state index in [1.54, 1.807) is 13.0 Å². The second kappa shape index (κ2) is 6.95. The molecule has 2 heterocycles. The van der Waals surface area contributed by atoms with E-state index >= 15 is 0 Å². The fourth-order valence-corrected chi connectivity index (χ4v) is 4.73. The van der Waals surface area contributed by atoms with Gasteiger partial charge in [0.2, 0.25) is 15.8 Å². The molecule has 1 fully saturated rings. The molecule has 7 nitrogen and oxygen atoms in total. The molecule has 134 valence electrons.